The third-order valence-corrected chi connectivity index (χ3v) is 5.34. The lowest BCUT2D eigenvalue weighted by molar-refractivity contribution is 0.521. The molecule has 2 rings (SSSR count). The predicted octanol–water partition coefficient (Wildman–Crippen LogP) is 3.40. The number of nitrogens with one attached hydrogen (secondary N) is 2. The van der Waals surface area contributed by atoms with Gasteiger partial charge < -0.3 is 10.6 Å². The van der Waals surface area contributed by atoms with Crippen LogP contribution in [-0.4, -0.2) is 31.9 Å². The number of hydrogen-bond donors (Lipinski definition) is 2. The molecular formula is C15H16ClN3O2S2. The molecule has 0 atom stereocenters. The van der Waals surface area contributed by atoms with Crippen molar-refractivity contribution in [1.29, 1.82) is 0 Å². The molecule has 5 nitrogen and oxygen atoms in total. The molecule has 0 aliphatic rings. The molecule has 0 saturated carbocycles. The highest BCUT2D eigenvalue weighted by atomic mass is 35.5. The lowest BCUT2D eigenvalue weighted by Crippen LogP contribution is -2.23. The molecular weight excluding hydrogens is 354 g/mol. The fraction of sp³-hybridized carbons (Fsp3) is 0.133. The van der Waals surface area contributed by atoms with Crippen LogP contribution >= 0.6 is 23.8 Å². The van der Waals surface area contributed by atoms with Crippen molar-refractivity contribution in [1.82, 2.24) is 4.31 Å². The number of halogens is 1. The van der Waals surface area contributed by atoms with Crippen molar-refractivity contribution in [3.63, 3.8) is 0 Å². The summed E-state index contributed by atoms with van der Waals surface area (Å²) in [5, 5.41) is 6.78. The van der Waals surface area contributed by atoms with E-state index in [4.69, 9.17) is 23.8 Å². The van der Waals surface area contributed by atoms with E-state index in [0.717, 1.165) is 4.31 Å². The Morgan fingerprint density at radius 2 is 1.78 bits per heavy atom. The molecule has 122 valence electrons. The van der Waals surface area contributed by atoms with Gasteiger partial charge in [0.15, 0.2) is 5.11 Å². The number of hydrogen-bond acceptors (Lipinski definition) is 3. The Bertz CT molecular complexity index is 823. The number of sulfonamides is 1. The van der Waals surface area contributed by atoms with E-state index in [0.29, 0.717) is 21.5 Å². The van der Waals surface area contributed by atoms with E-state index in [-0.39, 0.29) is 4.90 Å². The van der Waals surface area contributed by atoms with Crippen molar-refractivity contribution < 1.29 is 8.42 Å². The predicted molar refractivity (Wildman–Crippen MR) is 98.6 cm³/mol. The lowest BCUT2D eigenvalue weighted by Gasteiger charge is -2.14. The molecule has 0 spiro atoms. The fourth-order valence-electron chi connectivity index (χ4n) is 1.79. The summed E-state index contributed by atoms with van der Waals surface area (Å²) in [4.78, 5) is 0.188. The lowest BCUT2D eigenvalue weighted by atomic mass is 10.3. The minimum atomic E-state index is -3.49. The second-order valence-electron chi connectivity index (χ2n) is 4.87. The summed E-state index contributed by atoms with van der Waals surface area (Å²) in [6, 6.07) is 13.6. The zero-order valence-electron chi connectivity index (χ0n) is 12.6. The van der Waals surface area contributed by atoms with E-state index >= 15 is 0 Å². The zero-order chi connectivity index (χ0) is 17.0. The maximum Gasteiger partial charge on any atom is 0.242 e. The van der Waals surface area contributed by atoms with Crippen molar-refractivity contribution >= 4 is 50.3 Å². The van der Waals surface area contributed by atoms with Crippen LogP contribution in [-0.2, 0) is 10.0 Å². The van der Waals surface area contributed by atoms with Gasteiger partial charge in [0, 0.05) is 19.8 Å². The summed E-state index contributed by atoms with van der Waals surface area (Å²) < 4.78 is 25.4. The molecule has 0 aliphatic carbocycles. The van der Waals surface area contributed by atoms with Crippen LogP contribution in [0.3, 0.4) is 0 Å². The molecule has 0 aliphatic heterocycles. The Morgan fingerprint density at radius 3 is 2.43 bits per heavy atom. The molecule has 2 aromatic carbocycles. The van der Waals surface area contributed by atoms with Gasteiger partial charge in [0.2, 0.25) is 10.0 Å². The van der Waals surface area contributed by atoms with E-state index in [1.807, 2.05) is 12.1 Å². The molecule has 2 N–H and O–H groups in total. The van der Waals surface area contributed by atoms with Gasteiger partial charge in [-0.1, -0.05) is 29.8 Å². The summed E-state index contributed by atoms with van der Waals surface area (Å²) >= 11 is 11.3. The summed E-state index contributed by atoms with van der Waals surface area (Å²) in [7, 11) is -0.522. The topological polar surface area (TPSA) is 61.4 Å². The first-order chi connectivity index (χ1) is 10.8. The number of para-hydroxylation sites is 1. The number of nitrogens with zero attached hydrogens (tertiary/aromatic N) is 1. The number of thiocarbonyl (C=S) groups is 1. The average Bonchev–Trinajstić information content (AvgIpc) is 2.49. The van der Waals surface area contributed by atoms with Crippen LogP contribution in [0.25, 0.3) is 0 Å². The summed E-state index contributed by atoms with van der Waals surface area (Å²) in [5.41, 5.74) is 1.24. The van der Waals surface area contributed by atoms with Gasteiger partial charge in [0.05, 0.1) is 15.6 Å². The molecule has 0 bridgehead atoms. The van der Waals surface area contributed by atoms with Crippen LogP contribution in [0.15, 0.2) is 53.4 Å². The second kappa shape index (κ2) is 7.27. The summed E-state index contributed by atoms with van der Waals surface area (Å²) in [5.74, 6) is 0. The van der Waals surface area contributed by atoms with Crippen LogP contribution in [0.2, 0.25) is 5.02 Å². The van der Waals surface area contributed by atoms with Gasteiger partial charge in [-0.3, -0.25) is 0 Å². The van der Waals surface area contributed by atoms with Gasteiger partial charge in [-0.2, -0.15) is 0 Å². The average molecular weight is 370 g/mol. The second-order valence-corrected chi connectivity index (χ2v) is 7.84. The van der Waals surface area contributed by atoms with E-state index in [2.05, 4.69) is 10.6 Å². The molecule has 0 saturated heterocycles. The van der Waals surface area contributed by atoms with Crippen molar-refractivity contribution in [2.45, 2.75) is 4.90 Å². The van der Waals surface area contributed by atoms with E-state index in [9.17, 15) is 8.42 Å². The maximum absolute atomic E-state index is 12.1. The molecule has 0 fully saturated rings. The van der Waals surface area contributed by atoms with Crippen molar-refractivity contribution in [2.24, 2.45) is 0 Å². The van der Waals surface area contributed by atoms with Crippen LogP contribution in [0.1, 0.15) is 0 Å². The Balaban J connectivity index is 2.15. The van der Waals surface area contributed by atoms with Crippen LogP contribution < -0.4 is 10.6 Å². The SMILES string of the molecule is CN(C)S(=O)(=O)c1cccc(NC(=S)Nc2ccccc2Cl)c1. The molecule has 8 heteroatoms. The van der Waals surface area contributed by atoms with Gasteiger partial charge >= 0.3 is 0 Å². The zero-order valence-corrected chi connectivity index (χ0v) is 15.0. The molecule has 0 amide bonds. The highest BCUT2D eigenvalue weighted by Crippen LogP contribution is 2.21. The third-order valence-electron chi connectivity index (χ3n) is 2.99. The maximum atomic E-state index is 12.1. The molecule has 0 unspecified atom stereocenters. The number of anilines is 2. The van der Waals surface area contributed by atoms with Crippen molar-refractivity contribution in [3.05, 3.63) is 53.6 Å². The highest BCUT2D eigenvalue weighted by molar-refractivity contribution is 7.89. The largest absolute Gasteiger partial charge is 0.332 e. The number of rotatable bonds is 4. The Labute approximate surface area is 146 Å². The molecule has 0 heterocycles. The third kappa shape index (κ3) is 4.42. The Hall–Kier alpha value is -1.67. The summed E-state index contributed by atoms with van der Waals surface area (Å²) in [6.07, 6.45) is 0. The first-order valence-corrected chi connectivity index (χ1v) is 8.88. The van der Waals surface area contributed by atoms with Gasteiger partial charge in [0.1, 0.15) is 0 Å². The Morgan fingerprint density at radius 1 is 1.09 bits per heavy atom. The van der Waals surface area contributed by atoms with Crippen LogP contribution in [0.5, 0.6) is 0 Å². The number of benzene rings is 2. The molecule has 0 aromatic heterocycles. The molecule has 2 aromatic rings. The van der Waals surface area contributed by atoms with Gasteiger partial charge in [-0.05, 0) is 42.5 Å². The quantitative estimate of drug-likeness (QED) is 0.809. The van der Waals surface area contributed by atoms with Crippen molar-refractivity contribution in [2.75, 3.05) is 24.7 Å². The van der Waals surface area contributed by atoms with E-state index in [1.54, 1.807) is 24.3 Å². The van der Waals surface area contributed by atoms with Gasteiger partial charge in [-0.15, -0.1) is 0 Å². The first-order valence-electron chi connectivity index (χ1n) is 6.66. The normalized spacial score (nSPS) is 11.3. The van der Waals surface area contributed by atoms with Crippen LogP contribution in [0, 0.1) is 0 Å². The smallest absolute Gasteiger partial charge is 0.242 e. The summed E-state index contributed by atoms with van der Waals surface area (Å²) in [6.45, 7) is 0. The minimum Gasteiger partial charge on any atom is -0.332 e. The molecule has 23 heavy (non-hydrogen) atoms. The highest BCUT2D eigenvalue weighted by Gasteiger charge is 2.17. The monoisotopic (exact) mass is 369 g/mol. The Kier molecular flexibility index (Phi) is 5.59. The molecule has 0 radical (unpaired) electrons. The van der Waals surface area contributed by atoms with Crippen molar-refractivity contribution in [3.8, 4) is 0 Å². The van der Waals surface area contributed by atoms with E-state index < -0.39 is 10.0 Å². The van der Waals surface area contributed by atoms with Gasteiger partial charge in [-0.25, -0.2) is 12.7 Å². The van der Waals surface area contributed by atoms with Gasteiger partial charge in [0.25, 0.3) is 0 Å². The standard InChI is InChI=1S/C15H16ClN3O2S2/c1-19(2)23(20,21)12-7-5-6-11(10-12)17-15(22)18-14-9-4-3-8-13(14)16/h3-10H,1-2H3,(H2,17,18,22). The minimum absolute atomic E-state index is 0.188. The first kappa shape index (κ1) is 17.7. The fourth-order valence-corrected chi connectivity index (χ4v) is 3.15. The van der Waals surface area contributed by atoms with Crippen LogP contribution in [0.4, 0.5) is 11.4 Å². The van der Waals surface area contributed by atoms with E-state index in [1.165, 1.54) is 26.2 Å².